The van der Waals surface area contributed by atoms with E-state index < -0.39 is 26.2 Å². The molecule has 0 fully saturated rings. The molecule has 0 aliphatic carbocycles. The van der Waals surface area contributed by atoms with Gasteiger partial charge in [0.2, 0.25) is 0 Å². The van der Waals surface area contributed by atoms with Gasteiger partial charge in [0.1, 0.15) is 0 Å². The summed E-state index contributed by atoms with van der Waals surface area (Å²) < 4.78 is 23.3. The maximum Gasteiger partial charge on any atom is 0.470 e. The van der Waals surface area contributed by atoms with Gasteiger partial charge in [-0.2, -0.15) is 0 Å². The third-order valence-electron chi connectivity index (χ3n) is 1.31. The molecule has 9 heteroatoms. The third-order valence-corrected chi connectivity index (χ3v) is 1.81. The van der Waals surface area contributed by atoms with Crippen molar-refractivity contribution in [2.45, 2.75) is 12.4 Å². The van der Waals surface area contributed by atoms with Gasteiger partial charge in [-0.25, -0.2) is 9.36 Å². The van der Waals surface area contributed by atoms with Gasteiger partial charge >= 0.3 is 13.8 Å². The summed E-state index contributed by atoms with van der Waals surface area (Å²) in [4.78, 5) is 38.3. The molecule has 0 saturated heterocycles. The molecular formula is C8H11O8P. The van der Waals surface area contributed by atoms with Crippen molar-refractivity contribution in [3.63, 3.8) is 0 Å². The predicted octanol–water partition coefficient (Wildman–Crippen LogP) is -0.121. The maximum absolute atomic E-state index is 11.3. The Kier molecular flexibility index (Phi) is 6.37. The zero-order valence-electron chi connectivity index (χ0n) is 8.59. The van der Waals surface area contributed by atoms with E-state index in [0.29, 0.717) is 0 Å². The van der Waals surface area contributed by atoms with Crippen LogP contribution in [0.3, 0.4) is 0 Å². The molecule has 0 rings (SSSR count). The Morgan fingerprint density at radius 3 is 2.24 bits per heavy atom. The normalized spacial score (nSPS) is 14.2. The van der Waals surface area contributed by atoms with Gasteiger partial charge < -0.3 is 19.3 Å². The van der Waals surface area contributed by atoms with Crippen molar-refractivity contribution >= 4 is 20.3 Å². The topological polar surface area (TPSA) is 119 Å². The molecule has 0 aliphatic heterocycles. The van der Waals surface area contributed by atoms with Crippen LogP contribution in [0.4, 0.5) is 0 Å². The second-order valence-corrected chi connectivity index (χ2v) is 3.72. The Hall–Kier alpha value is -1.47. The average Bonchev–Trinajstić information content (AvgIpc) is 2.23. The molecule has 0 aromatic heterocycles. The van der Waals surface area contributed by atoms with Crippen LogP contribution in [0.25, 0.3) is 0 Å². The summed E-state index contributed by atoms with van der Waals surface area (Å²) >= 11 is 0. The van der Waals surface area contributed by atoms with Crippen LogP contribution in [0, 0.1) is 0 Å². The largest absolute Gasteiger partial charge is 0.470 e. The number of hydrogen-bond acceptors (Lipinski definition) is 6. The lowest BCUT2D eigenvalue weighted by atomic mass is 10.4. The molecule has 0 aromatic carbocycles. The van der Waals surface area contributed by atoms with E-state index in [2.05, 4.69) is 27.2 Å². The van der Waals surface area contributed by atoms with Crippen molar-refractivity contribution in [1.82, 2.24) is 0 Å². The lowest BCUT2D eigenvalue weighted by Crippen LogP contribution is -2.28. The average molecular weight is 266 g/mol. The number of hydrogen-bond donors (Lipinski definition) is 2. The highest BCUT2D eigenvalue weighted by Gasteiger charge is 2.28. The van der Waals surface area contributed by atoms with E-state index >= 15 is 0 Å². The van der Waals surface area contributed by atoms with Crippen LogP contribution < -0.4 is 0 Å². The maximum atomic E-state index is 11.3. The number of ether oxygens (including phenoxy) is 2. The molecule has 2 atom stereocenters. The first-order valence-corrected chi connectivity index (χ1v) is 5.65. The van der Waals surface area contributed by atoms with Crippen LogP contribution >= 0.6 is 7.82 Å². The third kappa shape index (κ3) is 6.64. The second-order valence-electron chi connectivity index (χ2n) is 2.53. The van der Waals surface area contributed by atoms with Gasteiger partial charge in [0.05, 0.1) is 0 Å². The lowest BCUT2D eigenvalue weighted by Gasteiger charge is -2.16. The highest BCUT2D eigenvalue weighted by Crippen LogP contribution is 2.38. The van der Waals surface area contributed by atoms with E-state index in [-0.39, 0.29) is 6.47 Å². The SMILES string of the molecule is C=CC(OC=O)OC(=O)C(C=C)OP(=O)(O)O. The predicted molar refractivity (Wildman–Crippen MR) is 54.3 cm³/mol. The number of phosphoric acid groups is 1. The fraction of sp³-hybridized carbons (Fsp3) is 0.250. The fourth-order valence-electron chi connectivity index (χ4n) is 0.698. The van der Waals surface area contributed by atoms with Crippen molar-refractivity contribution in [2.24, 2.45) is 0 Å². The molecule has 2 unspecified atom stereocenters. The highest BCUT2D eigenvalue weighted by molar-refractivity contribution is 7.46. The fourth-order valence-corrected chi connectivity index (χ4v) is 1.17. The summed E-state index contributed by atoms with van der Waals surface area (Å²) in [7, 11) is -4.87. The molecule has 0 aromatic rings. The summed E-state index contributed by atoms with van der Waals surface area (Å²) in [6, 6.07) is 0. The number of carbonyl (C=O) groups excluding carboxylic acids is 2. The second kappa shape index (κ2) is 6.97. The van der Waals surface area contributed by atoms with Gasteiger partial charge in [-0.15, -0.1) is 0 Å². The molecule has 8 nitrogen and oxygen atoms in total. The number of phosphoric ester groups is 1. The summed E-state index contributed by atoms with van der Waals surface area (Å²) in [6.45, 7) is 6.37. The van der Waals surface area contributed by atoms with Crippen LogP contribution in [-0.2, 0) is 28.2 Å². The smallest absolute Gasteiger partial charge is 0.423 e. The molecule has 0 heterocycles. The molecule has 17 heavy (non-hydrogen) atoms. The van der Waals surface area contributed by atoms with Gasteiger partial charge in [0.15, 0.2) is 6.10 Å². The number of esters is 1. The van der Waals surface area contributed by atoms with Crippen LogP contribution in [0.1, 0.15) is 0 Å². The Labute approximate surface area is 96.7 Å². The van der Waals surface area contributed by atoms with Gasteiger partial charge in [0, 0.05) is 0 Å². The summed E-state index contributed by atoms with van der Waals surface area (Å²) in [6.07, 6.45) is -1.25. The van der Waals surface area contributed by atoms with Crippen molar-refractivity contribution in [3.05, 3.63) is 25.3 Å². The minimum Gasteiger partial charge on any atom is -0.423 e. The molecular weight excluding hydrogens is 255 g/mol. The molecule has 96 valence electrons. The minimum atomic E-state index is -4.87. The van der Waals surface area contributed by atoms with E-state index in [4.69, 9.17) is 9.79 Å². The Bertz CT molecular complexity index is 345. The molecule has 0 radical (unpaired) electrons. The quantitative estimate of drug-likeness (QED) is 0.205. The van der Waals surface area contributed by atoms with E-state index in [1.165, 1.54) is 0 Å². The molecule has 0 amide bonds. The number of rotatable bonds is 8. The standard InChI is InChI=1S/C8H11O8P/c1-3-6(16-17(11,12)13)8(10)15-7(4-2)14-5-9/h3-7H,1-2H2,(H2,11,12,13). The van der Waals surface area contributed by atoms with Crippen molar-refractivity contribution in [3.8, 4) is 0 Å². The van der Waals surface area contributed by atoms with E-state index in [1.54, 1.807) is 0 Å². The molecule has 2 N–H and O–H groups in total. The van der Waals surface area contributed by atoms with Gasteiger partial charge in [0.25, 0.3) is 12.8 Å². The van der Waals surface area contributed by atoms with Crippen LogP contribution in [0.15, 0.2) is 25.3 Å². The van der Waals surface area contributed by atoms with Crippen LogP contribution in [0.2, 0.25) is 0 Å². The van der Waals surface area contributed by atoms with Gasteiger partial charge in [-0.05, 0) is 6.08 Å². The summed E-state index contributed by atoms with van der Waals surface area (Å²) in [5.41, 5.74) is 0. The lowest BCUT2D eigenvalue weighted by molar-refractivity contribution is -0.176. The summed E-state index contributed by atoms with van der Waals surface area (Å²) in [5, 5.41) is 0. The minimum absolute atomic E-state index is 0.0202. The van der Waals surface area contributed by atoms with E-state index in [1.807, 2.05) is 0 Å². The van der Waals surface area contributed by atoms with Crippen molar-refractivity contribution in [2.75, 3.05) is 0 Å². The highest BCUT2D eigenvalue weighted by atomic mass is 31.2. The Morgan fingerprint density at radius 1 is 1.29 bits per heavy atom. The molecule has 0 bridgehead atoms. The Balaban J connectivity index is 4.54. The zero-order chi connectivity index (χ0) is 13.5. The van der Waals surface area contributed by atoms with Gasteiger partial charge in [-0.1, -0.05) is 19.2 Å². The molecule has 0 aliphatic rings. The molecule has 0 saturated carbocycles. The van der Waals surface area contributed by atoms with E-state index in [9.17, 15) is 14.2 Å². The zero-order valence-corrected chi connectivity index (χ0v) is 9.49. The number of carbonyl (C=O) groups is 2. The van der Waals surface area contributed by atoms with Crippen molar-refractivity contribution in [1.29, 1.82) is 0 Å². The first-order valence-electron chi connectivity index (χ1n) is 4.12. The Morgan fingerprint density at radius 2 is 1.88 bits per heavy atom. The molecule has 0 spiro atoms. The first-order chi connectivity index (χ1) is 7.84. The summed E-state index contributed by atoms with van der Waals surface area (Å²) in [5.74, 6) is -1.19. The monoisotopic (exact) mass is 266 g/mol. The van der Waals surface area contributed by atoms with Crippen molar-refractivity contribution < 1.29 is 37.9 Å². The first kappa shape index (κ1) is 15.5. The van der Waals surface area contributed by atoms with Gasteiger partial charge in [-0.3, -0.25) is 9.32 Å². The van der Waals surface area contributed by atoms with Crippen LogP contribution in [0.5, 0.6) is 0 Å². The van der Waals surface area contributed by atoms with Crippen LogP contribution in [-0.4, -0.2) is 34.6 Å². The van der Waals surface area contributed by atoms with E-state index in [0.717, 1.165) is 12.2 Å².